The minimum absolute atomic E-state index is 0.304. The molecule has 1 atom stereocenters. The van der Waals surface area contributed by atoms with Crippen molar-refractivity contribution in [2.45, 2.75) is 33.3 Å². The van der Waals surface area contributed by atoms with Crippen LogP contribution < -0.4 is 4.74 Å². The third-order valence-electron chi connectivity index (χ3n) is 3.61. The van der Waals surface area contributed by atoms with Gasteiger partial charge in [0.25, 0.3) is 0 Å². The monoisotopic (exact) mass is 318 g/mol. The van der Waals surface area contributed by atoms with E-state index < -0.39 is 12.1 Å². The van der Waals surface area contributed by atoms with Crippen LogP contribution in [0.15, 0.2) is 36.4 Å². The van der Waals surface area contributed by atoms with Crippen molar-refractivity contribution in [2.75, 3.05) is 0 Å². The predicted molar refractivity (Wildman–Crippen MR) is 87.9 cm³/mol. The van der Waals surface area contributed by atoms with Gasteiger partial charge in [0.1, 0.15) is 5.75 Å². The molecule has 2 aromatic carbocycles. The lowest BCUT2D eigenvalue weighted by atomic mass is 9.95. The van der Waals surface area contributed by atoms with Gasteiger partial charge in [-0.2, -0.15) is 0 Å². The molecule has 0 saturated carbocycles. The number of halogens is 1. The van der Waals surface area contributed by atoms with Gasteiger partial charge in [0.2, 0.25) is 0 Å². The smallest absolute Gasteiger partial charge is 0.345 e. The number of benzene rings is 2. The molecule has 0 fully saturated rings. The highest BCUT2D eigenvalue weighted by Crippen LogP contribution is 2.26. The van der Waals surface area contributed by atoms with Crippen LogP contribution in [0.5, 0.6) is 5.75 Å². The van der Waals surface area contributed by atoms with Gasteiger partial charge in [-0.3, -0.25) is 0 Å². The molecule has 0 amide bonds. The molecule has 1 N–H and O–H groups in total. The maximum absolute atomic E-state index is 11.5. The van der Waals surface area contributed by atoms with Crippen molar-refractivity contribution in [1.82, 2.24) is 0 Å². The number of aryl methyl sites for hydroxylation is 3. The van der Waals surface area contributed by atoms with Crippen molar-refractivity contribution in [1.29, 1.82) is 0 Å². The van der Waals surface area contributed by atoms with Crippen LogP contribution in [0.4, 0.5) is 0 Å². The number of hydrogen-bond donors (Lipinski definition) is 1. The summed E-state index contributed by atoms with van der Waals surface area (Å²) in [6, 6.07) is 11.0. The normalized spacial score (nSPS) is 12.0. The molecular weight excluding hydrogens is 300 g/mol. The van der Waals surface area contributed by atoms with Crippen LogP contribution in [0.2, 0.25) is 5.02 Å². The average Bonchev–Trinajstić information content (AvgIpc) is 2.43. The molecule has 0 aromatic heterocycles. The molecule has 0 spiro atoms. The molecule has 0 aliphatic heterocycles. The Hall–Kier alpha value is -2.00. The number of para-hydroxylation sites is 1. The second-order valence-electron chi connectivity index (χ2n) is 5.46. The van der Waals surface area contributed by atoms with E-state index >= 15 is 0 Å². The lowest BCUT2D eigenvalue weighted by molar-refractivity contribution is -0.145. The summed E-state index contributed by atoms with van der Waals surface area (Å²) in [7, 11) is 0. The number of ether oxygens (including phenoxy) is 1. The first-order valence-corrected chi connectivity index (χ1v) is 7.47. The van der Waals surface area contributed by atoms with E-state index in [9.17, 15) is 9.90 Å². The van der Waals surface area contributed by atoms with Gasteiger partial charge in [-0.05, 0) is 49.6 Å². The topological polar surface area (TPSA) is 46.5 Å². The molecule has 0 unspecified atom stereocenters. The second-order valence-corrected chi connectivity index (χ2v) is 5.86. The molecule has 3 nitrogen and oxygen atoms in total. The highest BCUT2D eigenvalue weighted by atomic mass is 35.5. The van der Waals surface area contributed by atoms with E-state index in [1.54, 1.807) is 24.3 Å². The van der Waals surface area contributed by atoms with Gasteiger partial charge in [-0.15, -0.1) is 0 Å². The quantitative estimate of drug-likeness (QED) is 0.892. The molecule has 0 aliphatic rings. The third-order valence-corrected chi connectivity index (χ3v) is 3.92. The van der Waals surface area contributed by atoms with Gasteiger partial charge < -0.3 is 9.84 Å². The van der Waals surface area contributed by atoms with Gasteiger partial charge in [0.15, 0.2) is 6.10 Å². The summed E-state index contributed by atoms with van der Waals surface area (Å²) in [5.41, 5.74) is 4.32. The van der Waals surface area contributed by atoms with Crippen LogP contribution in [-0.2, 0) is 11.2 Å². The van der Waals surface area contributed by atoms with Crippen molar-refractivity contribution in [3.63, 3.8) is 0 Å². The van der Waals surface area contributed by atoms with E-state index in [1.165, 1.54) is 0 Å². The Morgan fingerprint density at radius 3 is 2.32 bits per heavy atom. The highest BCUT2D eigenvalue weighted by Gasteiger charge is 2.23. The minimum Gasteiger partial charge on any atom is -0.478 e. The van der Waals surface area contributed by atoms with Crippen molar-refractivity contribution >= 4 is 17.6 Å². The Balaban J connectivity index is 2.27. The van der Waals surface area contributed by atoms with Gasteiger partial charge in [0, 0.05) is 6.42 Å². The standard InChI is InChI=1S/C18H19ClO3/c1-11-8-12(2)14(13(3)9-11)10-17(18(20)21)22-16-7-5-4-6-15(16)19/h4-9,17H,10H2,1-3H3,(H,20,21)/t17-/m1/s1. The van der Waals surface area contributed by atoms with E-state index in [0.29, 0.717) is 17.2 Å². The SMILES string of the molecule is Cc1cc(C)c(C[C@@H](Oc2ccccc2Cl)C(=O)O)c(C)c1. The summed E-state index contributed by atoms with van der Waals surface area (Å²) in [4.78, 5) is 11.5. The van der Waals surface area contributed by atoms with Gasteiger partial charge in [-0.25, -0.2) is 4.79 Å². The zero-order valence-corrected chi connectivity index (χ0v) is 13.6. The molecule has 116 valence electrons. The number of carboxylic acid groups (broad SMARTS) is 1. The Morgan fingerprint density at radius 1 is 1.18 bits per heavy atom. The molecular formula is C18H19ClO3. The van der Waals surface area contributed by atoms with E-state index in [4.69, 9.17) is 16.3 Å². The molecule has 0 radical (unpaired) electrons. The first kappa shape index (κ1) is 16.4. The molecule has 2 aromatic rings. The molecule has 0 aliphatic carbocycles. The Kier molecular flexibility index (Phi) is 5.09. The van der Waals surface area contributed by atoms with Gasteiger partial charge in [-0.1, -0.05) is 41.4 Å². The fraction of sp³-hybridized carbons (Fsp3) is 0.278. The Bertz CT molecular complexity index is 671. The lowest BCUT2D eigenvalue weighted by Gasteiger charge is -2.19. The van der Waals surface area contributed by atoms with Crippen molar-refractivity contribution in [3.05, 3.63) is 63.7 Å². The van der Waals surface area contributed by atoms with Crippen LogP contribution in [-0.4, -0.2) is 17.2 Å². The van der Waals surface area contributed by atoms with E-state index in [2.05, 4.69) is 12.1 Å². The number of carbonyl (C=O) groups is 1. The van der Waals surface area contributed by atoms with Crippen molar-refractivity contribution in [2.24, 2.45) is 0 Å². The maximum Gasteiger partial charge on any atom is 0.345 e. The highest BCUT2D eigenvalue weighted by molar-refractivity contribution is 6.32. The van der Waals surface area contributed by atoms with Crippen molar-refractivity contribution in [3.8, 4) is 5.75 Å². The van der Waals surface area contributed by atoms with Crippen LogP contribution in [0, 0.1) is 20.8 Å². The summed E-state index contributed by atoms with van der Waals surface area (Å²) in [5.74, 6) is -0.613. The number of rotatable bonds is 5. The molecule has 4 heteroatoms. The minimum atomic E-state index is -1.00. The van der Waals surface area contributed by atoms with Crippen LogP contribution in [0.3, 0.4) is 0 Å². The zero-order valence-electron chi connectivity index (χ0n) is 12.9. The lowest BCUT2D eigenvalue weighted by Crippen LogP contribution is -2.30. The molecule has 22 heavy (non-hydrogen) atoms. The second kappa shape index (κ2) is 6.84. The van der Waals surface area contributed by atoms with Crippen LogP contribution in [0.25, 0.3) is 0 Å². The summed E-state index contributed by atoms with van der Waals surface area (Å²) in [5, 5.41) is 9.86. The van der Waals surface area contributed by atoms with Crippen LogP contribution in [0.1, 0.15) is 22.3 Å². The molecule has 0 bridgehead atoms. The first-order valence-electron chi connectivity index (χ1n) is 7.09. The zero-order chi connectivity index (χ0) is 16.3. The fourth-order valence-corrected chi connectivity index (χ4v) is 2.77. The summed E-state index contributed by atoms with van der Waals surface area (Å²) < 4.78 is 5.62. The van der Waals surface area contributed by atoms with E-state index in [0.717, 1.165) is 22.3 Å². The number of hydrogen-bond acceptors (Lipinski definition) is 2. The first-order chi connectivity index (χ1) is 10.4. The fourth-order valence-electron chi connectivity index (χ4n) is 2.59. The summed E-state index contributed by atoms with van der Waals surface area (Å²) >= 11 is 6.04. The number of aliphatic carboxylic acids is 1. The van der Waals surface area contributed by atoms with Crippen molar-refractivity contribution < 1.29 is 14.6 Å². The summed E-state index contributed by atoms with van der Waals surface area (Å²) in [6.45, 7) is 6.01. The van der Waals surface area contributed by atoms with E-state index in [-0.39, 0.29) is 0 Å². The largest absolute Gasteiger partial charge is 0.478 e. The van der Waals surface area contributed by atoms with Gasteiger partial charge >= 0.3 is 5.97 Å². The van der Waals surface area contributed by atoms with Crippen LogP contribution >= 0.6 is 11.6 Å². The summed E-state index contributed by atoms with van der Waals surface area (Å²) in [6.07, 6.45) is -0.668. The Morgan fingerprint density at radius 2 is 1.77 bits per heavy atom. The number of carboxylic acids is 1. The molecule has 2 rings (SSSR count). The maximum atomic E-state index is 11.5. The predicted octanol–water partition coefficient (Wildman–Crippen LogP) is 4.34. The molecule has 0 heterocycles. The Labute approximate surface area is 135 Å². The van der Waals surface area contributed by atoms with E-state index in [1.807, 2.05) is 20.8 Å². The average molecular weight is 319 g/mol. The molecule has 0 saturated heterocycles. The van der Waals surface area contributed by atoms with Gasteiger partial charge in [0.05, 0.1) is 5.02 Å². The third kappa shape index (κ3) is 3.80.